The van der Waals surface area contributed by atoms with Crippen LogP contribution < -0.4 is 9.47 Å². The van der Waals surface area contributed by atoms with Crippen molar-refractivity contribution in [2.24, 2.45) is 0 Å². The maximum atomic E-state index is 6.52. The maximum Gasteiger partial charge on any atom is 0.123 e. The fraction of sp³-hybridized carbons (Fsp3) is 0.250. The molecule has 0 bridgehead atoms. The van der Waals surface area contributed by atoms with E-state index in [0.717, 1.165) is 22.6 Å². The van der Waals surface area contributed by atoms with Crippen LogP contribution in [0.15, 0.2) is 48.5 Å². The second kappa shape index (κ2) is 6.48. The summed E-state index contributed by atoms with van der Waals surface area (Å²) in [5.74, 6) is 1.66. The lowest BCUT2D eigenvalue weighted by molar-refractivity contribution is 0.340. The van der Waals surface area contributed by atoms with Gasteiger partial charge >= 0.3 is 0 Å². The summed E-state index contributed by atoms with van der Waals surface area (Å²) < 4.78 is 10.8. The lowest BCUT2D eigenvalue weighted by Crippen LogP contribution is -1.98. The Morgan fingerprint density at radius 2 is 1.74 bits per heavy atom. The van der Waals surface area contributed by atoms with Gasteiger partial charge in [0.2, 0.25) is 0 Å². The van der Waals surface area contributed by atoms with Crippen LogP contribution in [-0.4, -0.2) is 13.7 Å². The first-order chi connectivity index (χ1) is 9.26. The molecule has 1 atom stereocenters. The standard InChI is InChI=1S/C16H17ClO2/c1-3-19-13-10-8-12(9-11-13)16(17)14-6-4-5-7-15(14)18-2/h4-11,16H,3H2,1-2H3. The van der Waals surface area contributed by atoms with Crippen LogP contribution >= 0.6 is 11.6 Å². The van der Waals surface area contributed by atoms with Crippen LogP contribution in [0.1, 0.15) is 23.4 Å². The van der Waals surface area contributed by atoms with Crippen molar-refractivity contribution in [3.8, 4) is 11.5 Å². The van der Waals surface area contributed by atoms with Crippen molar-refractivity contribution in [2.45, 2.75) is 12.3 Å². The second-order valence-electron chi connectivity index (χ2n) is 4.11. The molecule has 3 heteroatoms. The van der Waals surface area contributed by atoms with E-state index < -0.39 is 0 Å². The number of hydrogen-bond donors (Lipinski definition) is 0. The van der Waals surface area contributed by atoms with Gasteiger partial charge in [0.1, 0.15) is 11.5 Å². The van der Waals surface area contributed by atoms with Gasteiger partial charge in [0.15, 0.2) is 0 Å². The molecule has 0 N–H and O–H groups in total. The molecule has 0 aliphatic rings. The molecule has 0 aliphatic carbocycles. The van der Waals surface area contributed by atoms with E-state index in [2.05, 4.69) is 0 Å². The van der Waals surface area contributed by atoms with E-state index in [1.165, 1.54) is 0 Å². The molecule has 2 nitrogen and oxygen atoms in total. The molecule has 0 spiro atoms. The number of hydrogen-bond acceptors (Lipinski definition) is 2. The van der Waals surface area contributed by atoms with Gasteiger partial charge in [-0.2, -0.15) is 0 Å². The Hall–Kier alpha value is -1.67. The first kappa shape index (κ1) is 13.8. The first-order valence-corrected chi connectivity index (χ1v) is 6.69. The molecule has 1 unspecified atom stereocenters. The Balaban J connectivity index is 2.25. The van der Waals surface area contributed by atoms with E-state index in [0.29, 0.717) is 6.61 Å². The molecule has 2 aromatic rings. The number of halogens is 1. The van der Waals surface area contributed by atoms with Gasteiger partial charge in [0.05, 0.1) is 19.1 Å². The average Bonchev–Trinajstić information content (AvgIpc) is 2.47. The summed E-state index contributed by atoms with van der Waals surface area (Å²) in [4.78, 5) is 0. The third-order valence-corrected chi connectivity index (χ3v) is 3.38. The highest BCUT2D eigenvalue weighted by atomic mass is 35.5. The molecular formula is C16H17ClO2. The highest BCUT2D eigenvalue weighted by Crippen LogP contribution is 2.35. The monoisotopic (exact) mass is 276 g/mol. The fourth-order valence-corrected chi connectivity index (χ4v) is 2.28. The average molecular weight is 277 g/mol. The minimum absolute atomic E-state index is 0.230. The summed E-state index contributed by atoms with van der Waals surface area (Å²) >= 11 is 6.52. The number of ether oxygens (including phenoxy) is 2. The van der Waals surface area contributed by atoms with Crippen LogP contribution in [0.25, 0.3) is 0 Å². The normalized spacial score (nSPS) is 11.9. The minimum Gasteiger partial charge on any atom is -0.496 e. The highest BCUT2D eigenvalue weighted by molar-refractivity contribution is 6.22. The third-order valence-electron chi connectivity index (χ3n) is 2.90. The van der Waals surface area contributed by atoms with Crippen molar-refractivity contribution in [3.05, 3.63) is 59.7 Å². The SMILES string of the molecule is CCOc1ccc(C(Cl)c2ccccc2OC)cc1. The summed E-state index contributed by atoms with van der Waals surface area (Å²) in [5, 5.41) is -0.230. The maximum absolute atomic E-state index is 6.52. The summed E-state index contributed by atoms with van der Waals surface area (Å²) in [6.45, 7) is 2.63. The number of rotatable bonds is 5. The van der Waals surface area contributed by atoms with Crippen LogP contribution in [0.4, 0.5) is 0 Å². The Labute approximate surface area is 118 Å². The summed E-state index contributed by atoms with van der Waals surface area (Å²) in [6.07, 6.45) is 0. The van der Waals surface area contributed by atoms with Gasteiger partial charge in [-0.3, -0.25) is 0 Å². The van der Waals surface area contributed by atoms with Crippen LogP contribution in [0.3, 0.4) is 0 Å². The van der Waals surface area contributed by atoms with Crippen molar-refractivity contribution >= 4 is 11.6 Å². The van der Waals surface area contributed by atoms with E-state index in [-0.39, 0.29) is 5.38 Å². The zero-order valence-electron chi connectivity index (χ0n) is 11.1. The van der Waals surface area contributed by atoms with Gasteiger partial charge in [0.25, 0.3) is 0 Å². The Morgan fingerprint density at radius 1 is 1.05 bits per heavy atom. The van der Waals surface area contributed by atoms with Gasteiger partial charge in [-0.15, -0.1) is 11.6 Å². The fourth-order valence-electron chi connectivity index (χ4n) is 1.96. The topological polar surface area (TPSA) is 18.5 Å². The molecule has 0 amide bonds. The van der Waals surface area contributed by atoms with Crippen LogP contribution in [0.5, 0.6) is 11.5 Å². The molecule has 0 fully saturated rings. The molecule has 0 saturated heterocycles. The lowest BCUT2D eigenvalue weighted by Gasteiger charge is -2.14. The Bertz CT molecular complexity index is 523. The quantitative estimate of drug-likeness (QED) is 0.753. The molecule has 2 aromatic carbocycles. The van der Waals surface area contributed by atoms with Crippen molar-refractivity contribution in [1.82, 2.24) is 0 Å². The molecule has 0 saturated carbocycles. The number of alkyl halides is 1. The predicted molar refractivity (Wildman–Crippen MR) is 78.3 cm³/mol. The van der Waals surface area contributed by atoms with E-state index in [4.69, 9.17) is 21.1 Å². The van der Waals surface area contributed by atoms with Gasteiger partial charge in [-0.25, -0.2) is 0 Å². The van der Waals surface area contributed by atoms with Gasteiger partial charge in [0, 0.05) is 5.56 Å². The van der Waals surface area contributed by atoms with Crippen molar-refractivity contribution < 1.29 is 9.47 Å². The van der Waals surface area contributed by atoms with E-state index in [1.54, 1.807) is 7.11 Å². The molecule has 0 heterocycles. The molecule has 100 valence electrons. The smallest absolute Gasteiger partial charge is 0.123 e. The largest absolute Gasteiger partial charge is 0.496 e. The molecule has 0 radical (unpaired) electrons. The van der Waals surface area contributed by atoms with E-state index in [1.807, 2.05) is 55.5 Å². The van der Waals surface area contributed by atoms with Gasteiger partial charge in [-0.1, -0.05) is 30.3 Å². The van der Waals surface area contributed by atoms with Crippen molar-refractivity contribution in [3.63, 3.8) is 0 Å². The van der Waals surface area contributed by atoms with E-state index >= 15 is 0 Å². The number of para-hydroxylation sites is 1. The summed E-state index contributed by atoms with van der Waals surface area (Å²) in [5.41, 5.74) is 1.99. The Kier molecular flexibility index (Phi) is 4.69. The van der Waals surface area contributed by atoms with Crippen LogP contribution in [-0.2, 0) is 0 Å². The molecule has 0 aliphatic heterocycles. The zero-order valence-corrected chi connectivity index (χ0v) is 11.9. The van der Waals surface area contributed by atoms with Crippen LogP contribution in [0, 0.1) is 0 Å². The zero-order chi connectivity index (χ0) is 13.7. The van der Waals surface area contributed by atoms with Gasteiger partial charge in [-0.05, 0) is 30.7 Å². The second-order valence-corrected chi connectivity index (χ2v) is 4.54. The van der Waals surface area contributed by atoms with E-state index in [9.17, 15) is 0 Å². The number of benzene rings is 2. The predicted octanol–water partition coefficient (Wildman–Crippen LogP) is 4.42. The number of methoxy groups -OCH3 is 1. The van der Waals surface area contributed by atoms with Crippen molar-refractivity contribution in [2.75, 3.05) is 13.7 Å². The third kappa shape index (κ3) is 3.21. The van der Waals surface area contributed by atoms with Crippen molar-refractivity contribution in [1.29, 1.82) is 0 Å². The lowest BCUT2D eigenvalue weighted by atomic mass is 10.0. The van der Waals surface area contributed by atoms with Gasteiger partial charge < -0.3 is 9.47 Å². The minimum atomic E-state index is -0.230. The van der Waals surface area contributed by atoms with Crippen LogP contribution in [0.2, 0.25) is 0 Å². The summed E-state index contributed by atoms with van der Waals surface area (Å²) in [6, 6.07) is 15.6. The molecule has 2 rings (SSSR count). The first-order valence-electron chi connectivity index (χ1n) is 6.26. The summed E-state index contributed by atoms with van der Waals surface area (Å²) in [7, 11) is 1.65. The highest BCUT2D eigenvalue weighted by Gasteiger charge is 2.15. The molecular weight excluding hydrogens is 260 g/mol. The molecule has 19 heavy (non-hydrogen) atoms. The molecule has 0 aromatic heterocycles. The Morgan fingerprint density at radius 3 is 2.37 bits per heavy atom.